The topological polar surface area (TPSA) is 112 Å². The van der Waals surface area contributed by atoms with Crippen molar-refractivity contribution in [3.63, 3.8) is 0 Å². The van der Waals surface area contributed by atoms with E-state index < -0.39 is 12.0 Å². The Morgan fingerprint density at radius 3 is 2.58 bits per heavy atom. The fraction of sp³-hybridized carbons (Fsp3) is 0.286. The maximum absolute atomic E-state index is 13.8. The molecule has 2 aromatic carbocycles. The minimum Gasteiger partial charge on any atom is -0.493 e. The van der Waals surface area contributed by atoms with Gasteiger partial charge in [0.1, 0.15) is 17.9 Å². The lowest BCUT2D eigenvalue weighted by atomic mass is 9.94. The Kier molecular flexibility index (Phi) is 8.28. The van der Waals surface area contributed by atoms with Gasteiger partial charge in [-0.3, -0.25) is 9.36 Å². The molecule has 0 aliphatic carbocycles. The second-order valence-electron chi connectivity index (χ2n) is 8.13. The average molecular weight is 534 g/mol. The van der Waals surface area contributed by atoms with E-state index in [9.17, 15) is 9.59 Å². The van der Waals surface area contributed by atoms with Gasteiger partial charge < -0.3 is 18.9 Å². The molecule has 1 atom stereocenters. The van der Waals surface area contributed by atoms with Gasteiger partial charge in [0, 0.05) is 5.56 Å². The van der Waals surface area contributed by atoms with Gasteiger partial charge in [-0.15, -0.1) is 0 Å². The van der Waals surface area contributed by atoms with Gasteiger partial charge in [0.25, 0.3) is 5.56 Å². The number of fused-ring (bicyclic) bond motifs is 1. The Hall–Kier alpha value is -4.36. The Labute approximate surface area is 223 Å². The third kappa shape index (κ3) is 5.19. The number of esters is 1. The highest BCUT2D eigenvalue weighted by Crippen LogP contribution is 2.40. The molecule has 1 aromatic heterocycles. The molecule has 1 aliphatic heterocycles. The van der Waals surface area contributed by atoms with E-state index in [0.29, 0.717) is 44.4 Å². The van der Waals surface area contributed by atoms with Crippen LogP contribution in [0.4, 0.5) is 0 Å². The Morgan fingerprint density at radius 1 is 1.16 bits per heavy atom. The molecule has 196 valence electrons. The van der Waals surface area contributed by atoms with E-state index in [-0.39, 0.29) is 24.3 Å². The zero-order valence-corrected chi connectivity index (χ0v) is 22.3. The minimum absolute atomic E-state index is 0.0475. The van der Waals surface area contributed by atoms with Gasteiger partial charge in [0.2, 0.25) is 0 Å². The van der Waals surface area contributed by atoms with Crippen LogP contribution in [0, 0.1) is 11.3 Å². The van der Waals surface area contributed by atoms with Crippen molar-refractivity contribution >= 4 is 23.4 Å². The van der Waals surface area contributed by atoms with Crippen molar-refractivity contribution in [2.45, 2.75) is 26.8 Å². The molecule has 0 unspecified atom stereocenters. The summed E-state index contributed by atoms with van der Waals surface area (Å²) in [5.41, 5.74) is 1.79. The van der Waals surface area contributed by atoms with Crippen LogP contribution in [0.25, 0.3) is 6.08 Å². The third-order valence-corrected chi connectivity index (χ3v) is 6.79. The normalized spacial score (nSPS) is 14.8. The zero-order valence-electron chi connectivity index (χ0n) is 21.5. The molecule has 1 aliphatic rings. The summed E-state index contributed by atoms with van der Waals surface area (Å²) in [5, 5.41) is 8.70. The van der Waals surface area contributed by atoms with Gasteiger partial charge in [0.15, 0.2) is 22.9 Å². The van der Waals surface area contributed by atoms with E-state index >= 15 is 0 Å². The van der Waals surface area contributed by atoms with Crippen LogP contribution in [-0.4, -0.2) is 37.5 Å². The first kappa shape index (κ1) is 26.7. The standard InChI is InChI=1S/C28H27N3O6S/c1-5-35-25-20(8-7-9-21(25)34-4)24-23(27(33)36-6-2)17(3)30-28-31(24)26(32)22(38-28)16-18-10-12-19(13-11-18)37-15-14-29/h7-13,16,24H,5-6,15H2,1-4H3/b22-16+/t24-/m0/s1. The molecule has 0 bridgehead atoms. The van der Waals surface area contributed by atoms with E-state index in [0.717, 1.165) is 5.56 Å². The van der Waals surface area contributed by atoms with Crippen molar-refractivity contribution < 1.29 is 23.7 Å². The van der Waals surface area contributed by atoms with Crippen molar-refractivity contribution in [3.8, 4) is 23.3 Å². The molecule has 9 nitrogen and oxygen atoms in total. The van der Waals surface area contributed by atoms with Crippen LogP contribution < -0.4 is 29.1 Å². The number of allylic oxidation sites excluding steroid dienone is 1. The number of hydrogen-bond donors (Lipinski definition) is 0. The fourth-order valence-corrected chi connectivity index (χ4v) is 5.27. The first-order valence-electron chi connectivity index (χ1n) is 12.0. The summed E-state index contributed by atoms with van der Waals surface area (Å²) < 4.78 is 24.1. The lowest BCUT2D eigenvalue weighted by molar-refractivity contribution is -0.139. The number of methoxy groups -OCH3 is 1. The molecule has 4 rings (SSSR count). The van der Waals surface area contributed by atoms with Crippen LogP contribution in [0.5, 0.6) is 17.2 Å². The molecular formula is C28H27N3O6S. The Balaban J connectivity index is 1.92. The summed E-state index contributed by atoms with van der Waals surface area (Å²) in [4.78, 5) is 32.1. The number of nitrogens with zero attached hydrogens (tertiary/aromatic N) is 3. The van der Waals surface area contributed by atoms with E-state index in [1.807, 2.05) is 19.1 Å². The van der Waals surface area contributed by atoms with Crippen molar-refractivity contribution in [1.82, 2.24) is 4.57 Å². The van der Waals surface area contributed by atoms with Gasteiger partial charge in [-0.05, 0) is 50.6 Å². The SMILES string of the molecule is CCOC(=O)C1=C(C)N=c2s/c(=C/c3ccc(OCC#N)cc3)c(=O)n2[C@H]1c1cccc(OC)c1OCC. The maximum atomic E-state index is 13.8. The highest BCUT2D eigenvalue weighted by atomic mass is 32.1. The summed E-state index contributed by atoms with van der Waals surface area (Å²) in [6.07, 6.45) is 1.76. The van der Waals surface area contributed by atoms with Crippen molar-refractivity contribution in [2.75, 3.05) is 26.9 Å². The van der Waals surface area contributed by atoms with E-state index in [2.05, 4.69) is 4.99 Å². The first-order chi connectivity index (χ1) is 18.4. The van der Waals surface area contributed by atoms with Gasteiger partial charge in [0.05, 0.1) is 36.1 Å². The summed E-state index contributed by atoms with van der Waals surface area (Å²) in [5.74, 6) is 0.942. The van der Waals surface area contributed by atoms with Gasteiger partial charge in [-0.25, -0.2) is 9.79 Å². The largest absolute Gasteiger partial charge is 0.493 e. The summed E-state index contributed by atoms with van der Waals surface area (Å²) >= 11 is 1.23. The van der Waals surface area contributed by atoms with Crippen LogP contribution >= 0.6 is 11.3 Å². The van der Waals surface area contributed by atoms with E-state index in [1.54, 1.807) is 56.3 Å². The lowest BCUT2D eigenvalue weighted by Gasteiger charge is -2.26. The molecule has 38 heavy (non-hydrogen) atoms. The van der Waals surface area contributed by atoms with Crippen molar-refractivity contribution in [3.05, 3.63) is 84.5 Å². The second-order valence-corrected chi connectivity index (χ2v) is 9.14. The molecule has 0 amide bonds. The molecule has 2 heterocycles. The Morgan fingerprint density at radius 2 is 1.92 bits per heavy atom. The monoisotopic (exact) mass is 533 g/mol. The smallest absolute Gasteiger partial charge is 0.338 e. The number of ether oxygens (including phenoxy) is 4. The maximum Gasteiger partial charge on any atom is 0.338 e. The van der Waals surface area contributed by atoms with Crippen molar-refractivity contribution in [2.24, 2.45) is 4.99 Å². The molecule has 0 fully saturated rings. The quantitative estimate of drug-likeness (QED) is 0.389. The molecule has 10 heteroatoms. The number of thiazole rings is 1. The first-order valence-corrected chi connectivity index (χ1v) is 12.8. The number of hydrogen-bond acceptors (Lipinski definition) is 9. The van der Waals surface area contributed by atoms with Gasteiger partial charge in [-0.1, -0.05) is 35.6 Å². The fourth-order valence-electron chi connectivity index (χ4n) is 4.22. The van der Waals surface area contributed by atoms with Crippen LogP contribution in [-0.2, 0) is 9.53 Å². The highest BCUT2D eigenvalue weighted by Gasteiger charge is 2.35. The van der Waals surface area contributed by atoms with Gasteiger partial charge in [-0.2, -0.15) is 5.26 Å². The molecule has 0 spiro atoms. The number of para-hydroxylation sites is 1. The van der Waals surface area contributed by atoms with Gasteiger partial charge >= 0.3 is 5.97 Å². The number of benzene rings is 2. The number of rotatable bonds is 9. The predicted molar refractivity (Wildman–Crippen MR) is 142 cm³/mol. The van der Waals surface area contributed by atoms with Crippen LogP contribution in [0.2, 0.25) is 0 Å². The molecule has 0 N–H and O–H groups in total. The number of aromatic nitrogens is 1. The summed E-state index contributed by atoms with van der Waals surface area (Å²) in [7, 11) is 1.54. The predicted octanol–water partition coefficient (Wildman–Crippen LogP) is 3.11. The van der Waals surface area contributed by atoms with Crippen LogP contribution in [0.1, 0.15) is 37.9 Å². The average Bonchev–Trinajstić information content (AvgIpc) is 3.22. The molecule has 0 saturated carbocycles. The van der Waals surface area contributed by atoms with Crippen molar-refractivity contribution in [1.29, 1.82) is 5.26 Å². The molecule has 0 radical (unpaired) electrons. The molecule has 3 aromatic rings. The molecular weight excluding hydrogens is 506 g/mol. The highest BCUT2D eigenvalue weighted by molar-refractivity contribution is 7.07. The van der Waals surface area contributed by atoms with E-state index in [1.165, 1.54) is 23.0 Å². The van der Waals surface area contributed by atoms with Crippen LogP contribution in [0.15, 0.2) is 63.5 Å². The van der Waals surface area contributed by atoms with Crippen LogP contribution in [0.3, 0.4) is 0 Å². The molecule has 0 saturated heterocycles. The second kappa shape index (κ2) is 11.8. The number of carbonyl (C=O) groups excluding carboxylic acids is 1. The minimum atomic E-state index is -0.828. The zero-order chi connectivity index (χ0) is 27.2. The summed E-state index contributed by atoms with van der Waals surface area (Å²) in [6, 6.07) is 13.5. The summed E-state index contributed by atoms with van der Waals surface area (Å²) in [6.45, 7) is 5.81. The number of carbonyl (C=O) groups is 1. The number of nitriles is 1. The lowest BCUT2D eigenvalue weighted by Crippen LogP contribution is -2.40. The third-order valence-electron chi connectivity index (χ3n) is 5.81. The van der Waals surface area contributed by atoms with E-state index in [4.69, 9.17) is 24.2 Å². The Bertz CT molecular complexity index is 1600.